The molecule has 1 aromatic heterocycles. The fourth-order valence-corrected chi connectivity index (χ4v) is 2.74. The zero-order valence-electron chi connectivity index (χ0n) is 11.1. The van der Waals surface area contributed by atoms with E-state index in [1.54, 1.807) is 0 Å². The smallest absolute Gasteiger partial charge is 0.224 e. The normalized spacial score (nSPS) is 18.6. The van der Waals surface area contributed by atoms with Crippen LogP contribution in [0, 0.1) is 0 Å². The summed E-state index contributed by atoms with van der Waals surface area (Å²) >= 11 is 6.00. The molecule has 0 radical (unpaired) electrons. The minimum Gasteiger partial charge on any atom is -0.376 e. The molecule has 2 aromatic rings. The maximum absolute atomic E-state index is 12.0. The number of amides is 1. The lowest BCUT2D eigenvalue weighted by atomic mass is 10.1. The molecule has 1 aromatic carbocycles. The van der Waals surface area contributed by atoms with Crippen LogP contribution in [0.25, 0.3) is 10.9 Å². The number of ether oxygens (including phenoxy) is 1. The summed E-state index contributed by atoms with van der Waals surface area (Å²) < 4.78 is 5.49. The van der Waals surface area contributed by atoms with E-state index in [9.17, 15) is 4.79 Å². The summed E-state index contributed by atoms with van der Waals surface area (Å²) in [5.74, 6) is 0.0152. The Morgan fingerprint density at radius 1 is 1.50 bits per heavy atom. The topological polar surface area (TPSA) is 54.1 Å². The second kappa shape index (κ2) is 5.85. The van der Waals surface area contributed by atoms with Crippen LogP contribution in [0.15, 0.2) is 24.4 Å². The lowest BCUT2D eigenvalue weighted by Gasteiger charge is -2.10. The van der Waals surface area contributed by atoms with Crippen LogP contribution in [0.3, 0.4) is 0 Å². The molecule has 0 spiro atoms. The number of rotatable bonds is 4. The van der Waals surface area contributed by atoms with Crippen LogP contribution < -0.4 is 5.32 Å². The number of benzene rings is 1. The van der Waals surface area contributed by atoms with Crippen LogP contribution in [-0.4, -0.2) is 30.1 Å². The number of fused-ring (bicyclic) bond motifs is 1. The van der Waals surface area contributed by atoms with Crippen molar-refractivity contribution in [2.45, 2.75) is 25.4 Å². The maximum atomic E-state index is 12.0. The largest absolute Gasteiger partial charge is 0.376 e. The Kier molecular flexibility index (Phi) is 3.94. The number of aromatic amines is 1. The molecule has 1 saturated heterocycles. The first-order chi connectivity index (χ1) is 9.72. The van der Waals surface area contributed by atoms with E-state index in [0.717, 1.165) is 35.9 Å². The Bertz CT molecular complexity index is 617. The van der Waals surface area contributed by atoms with E-state index < -0.39 is 0 Å². The summed E-state index contributed by atoms with van der Waals surface area (Å²) in [4.78, 5) is 15.1. The van der Waals surface area contributed by atoms with Crippen molar-refractivity contribution in [1.29, 1.82) is 0 Å². The van der Waals surface area contributed by atoms with Gasteiger partial charge in [0, 0.05) is 35.3 Å². The van der Waals surface area contributed by atoms with E-state index in [0.29, 0.717) is 18.0 Å². The maximum Gasteiger partial charge on any atom is 0.224 e. The van der Waals surface area contributed by atoms with Gasteiger partial charge in [-0.25, -0.2) is 0 Å². The number of aromatic nitrogens is 1. The fourth-order valence-electron chi connectivity index (χ4n) is 2.57. The van der Waals surface area contributed by atoms with Gasteiger partial charge in [-0.15, -0.1) is 0 Å². The highest BCUT2D eigenvalue weighted by molar-refractivity contribution is 6.31. The lowest BCUT2D eigenvalue weighted by Crippen LogP contribution is -2.32. The van der Waals surface area contributed by atoms with Crippen molar-refractivity contribution < 1.29 is 9.53 Å². The first-order valence-corrected chi connectivity index (χ1v) is 7.24. The van der Waals surface area contributed by atoms with E-state index in [-0.39, 0.29) is 12.0 Å². The van der Waals surface area contributed by atoms with E-state index in [2.05, 4.69) is 10.3 Å². The highest BCUT2D eigenvalue weighted by atomic mass is 35.5. The minimum absolute atomic E-state index is 0.0152. The third kappa shape index (κ3) is 2.97. The van der Waals surface area contributed by atoms with Gasteiger partial charge in [0.05, 0.1) is 12.5 Å². The summed E-state index contributed by atoms with van der Waals surface area (Å²) in [6.45, 7) is 1.41. The van der Waals surface area contributed by atoms with E-state index in [4.69, 9.17) is 16.3 Å². The van der Waals surface area contributed by atoms with Crippen molar-refractivity contribution in [3.8, 4) is 0 Å². The molecular weight excluding hydrogens is 276 g/mol. The second-order valence-corrected chi connectivity index (χ2v) is 5.56. The number of halogens is 1. The molecule has 1 aliphatic rings. The lowest BCUT2D eigenvalue weighted by molar-refractivity contribution is -0.120. The van der Waals surface area contributed by atoms with E-state index >= 15 is 0 Å². The van der Waals surface area contributed by atoms with E-state index in [1.165, 1.54) is 0 Å². The van der Waals surface area contributed by atoms with Crippen LogP contribution >= 0.6 is 11.6 Å². The highest BCUT2D eigenvalue weighted by Crippen LogP contribution is 2.22. The molecule has 2 N–H and O–H groups in total. The van der Waals surface area contributed by atoms with Crippen LogP contribution in [0.4, 0.5) is 0 Å². The Hall–Kier alpha value is -1.52. The SMILES string of the molecule is O=C(Cc1c[nH]c2ccc(Cl)cc12)NCC1CCCO1. The predicted octanol–water partition coefficient (Wildman–Crippen LogP) is 2.66. The van der Waals surface area contributed by atoms with Crippen molar-refractivity contribution in [1.82, 2.24) is 10.3 Å². The third-order valence-corrected chi connectivity index (χ3v) is 3.87. The summed E-state index contributed by atoms with van der Waals surface area (Å²) in [5, 5.41) is 4.61. The van der Waals surface area contributed by atoms with Gasteiger partial charge in [0.25, 0.3) is 0 Å². The van der Waals surface area contributed by atoms with Gasteiger partial charge in [-0.05, 0) is 36.6 Å². The molecular formula is C15H17ClN2O2. The summed E-state index contributed by atoms with van der Waals surface area (Å²) in [6, 6.07) is 5.64. The van der Waals surface area contributed by atoms with Gasteiger partial charge in [0.15, 0.2) is 0 Å². The minimum atomic E-state index is 0.0152. The van der Waals surface area contributed by atoms with Gasteiger partial charge in [0.2, 0.25) is 5.91 Å². The van der Waals surface area contributed by atoms with Gasteiger partial charge in [-0.3, -0.25) is 4.79 Å². The molecule has 0 saturated carbocycles. The molecule has 2 heterocycles. The average Bonchev–Trinajstić information content (AvgIpc) is 3.07. The Morgan fingerprint density at radius 3 is 3.20 bits per heavy atom. The van der Waals surface area contributed by atoms with Crippen molar-refractivity contribution in [2.24, 2.45) is 0 Å². The molecule has 1 amide bonds. The number of carbonyl (C=O) groups excluding carboxylic acids is 1. The zero-order chi connectivity index (χ0) is 13.9. The molecule has 1 unspecified atom stereocenters. The quantitative estimate of drug-likeness (QED) is 0.910. The van der Waals surface area contributed by atoms with Crippen LogP contribution in [0.2, 0.25) is 5.02 Å². The molecule has 1 fully saturated rings. The Balaban J connectivity index is 1.63. The number of hydrogen-bond donors (Lipinski definition) is 2. The predicted molar refractivity (Wildman–Crippen MR) is 79.0 cm³/mol. The number of H-pyrrole nitrogens is 1. The Morgan fingerprint density at radius 2 is 2.40 bits per heavy atom. The van der Waals surface area contributed by atoms with Crippen molar-refractivity contribution in [3.63, 3.8) is 0 Å². The molecule has 20 heavy (non-hydrogen) atoms. The fraction of sp³-hybridized carbons (Fsp3) is 0.400. The molecule has 1 aliphatic heterocycles. The standard InChI is InChI=1S/C15H17ClN2O2/c16-11-3-4-14-13(7-11)10(8-17-14)6-15(19)18-9-12-2-1-5-20-12/h3-4,7-8,12,17H,1-2,5-6,9H2,(H,18,19). The molecule has 3 rings (SSSR count). The number of hydrogen-bond acceptors (Lipinski definition) is 2. The monoisotopic (exact) mass is 292 g/mol. The van der Waals surface area contributed by atoms with Gasteiger partial charge in [-0.2, -0.15) is 0 Å². The molecule has 4 nitrogen and oxygen atoms in total. The third-order valence-electron chi connectivity index (χ3n) is 3.63. The number of nitrogens with one attached hydrogen (secondary N) is 2. The van der Waals surface area contributed by atoms with Gasteiger partial charge < -0.3 is 15.0 Å². The molecule has 106 valence electrons. The van der Waals surface area contributed by atoms with E-state index in [1.807, 2.05) is 24.4 Å². The summed E-state index contributed by atoms with van der Waals surface area (Å²) in [5.41, 5.74) is 1.96. The summed E-state index contributed by atoms with van der Waals surface area (Å²) in [7, 11) is 0. The highest BCUT2D eigenvalue weighted by Gasteiger charge is 2.16. The van der Waals surface area contributed by atoms with Crippen molar-refractivity contribution >= 4 is 28.4 Å². The number of carbonyl (C=O) groups is 1. The first-order valence-electron chi connectivity index (χ1n) is 6.86. The molecule has 1 atom stereocenters. The molecule has 5 heteroatoms. The van der Waals surface area contributed by atoms with Gasteiger partial charge >= 0.3 is 0 Å². The van der Waals surface area contributed by atoms with Crippen LogP contribution in [0.1, 0.15) is 18.4 Å². The molecule has 0 aliphatic carbocycles. The average molecular weight is 293 g/mol. The zero-order valence-corrected chi connectivity index (χ0v) is 11.9. The van der Waals surface area contributed by atoms with Gasteiger partial charge in [0.1, 0.15) is 0 Å². The second-order valence-electron chi connectivity index (χ2n) is 5.12. The van der Waals surface area contributed by atoms with Crippen LogP contribution in [0.5, 0.6) is 0 Å². The van der Waals surface area contributed by atoms with Crippen molar-refractivity contribution in [2.75, 3.05) is 13.2 Å². The van der Waals surface area contributed by atoms with Crippen LogP contribution in [-0.2, 0) is 16.0 Å². The van der Waals surface area contributed by atoms with Gasteiger partial charge in [-0.1, -0.05) is 11.6 Å². The molecule has 0 bridgehead atoms. The van der Waals surface area contributed by atoms with Crippen molar-refractivity contribution in [3.05, 3.63) is 35.0 Å². The summed E-state index contributed by atoms with van der Waals surface area (Å²) in [6.07, 6.45) is 4.51. The Labute approximate surface area is 122 Å². The first kappa shape index (κ1) is 13.5.